The fourth-order valence-electron chi connectivity index (χ4n) is 2.65. The predicted octanol–water partition coefficient (Wildman–Crippen LogP) is 2.50. The summed E-state index contributed by atoms with van der Waals surface area (Å²) < 4.78 is 6.60. The Morgan fingerprint density at radius 1 is 1.17 bits per heavy atom. The van der Waals surface area contributed by atoms with Gasteiger partial charge in [0.05, 0.1) is 16.6 Å². The van der Waals surface area contributed by atoms with Crippen LogP contribution in [0.5, 0.6) is 0 Å². The fraction of sp³-hybridized carbons (Fsp3) is 0.118. The number of nitrogens with zero attached hydrogens (tertiary/aromatic N) is 2. The van der Waals surface area contributed by atoms with Gasteiger partial charge >= 0.3 is 5.76 Å². The molecule has 0 fully saturated rings. The van der Waals surface area contributed by atoms with E-state index in [4.69, 9.17) is 4.42 Å². The molecule has 2 heterocycles. The summed E-state index contributed by atoms with van der Waals surface area (Å²) in [5, 5.41) is 2.71. The summed E-state index contributed by atoms with van der Waals surface area (Å²) in [6, 6.07) is 14.6. The molecule has 24 heavy (non-hydrogen) atoms. The maximum absolute atomic E-state index is 12.1. The second-order valence-corrected chi connectivity index (χ2v) is 5.39. The van der Waals surface area contributed by atoms with Crippen molar-refractivity contribution in [1.82, 2.24) is 14.5 Å². The summed E-state index contributed by atoms with van der Waals surface area (Å²) in [4.78, 5) is 31.3. The first-order valence-corrected chi connectivity index (χ1v) is 7.54. The highest BCUT2D eigenvalue weighted by Gasteiger charge is 2.11. The molecule has 4 rings (SSSR count). The second-order valence-electron chi connectivity index (χ2n) is 5.39. The Morgan fingerprint density at radius 3 is 2.83 bits per heavy atom. The van der Waals surface area contributed by atoms with Crippen LogP contribution >= 0.6 is 0 Å². The number of para-hydroxylation sites is 4. The summed E-state index contributed by atoms with van der Waals surface area (Å²) in [5.41, 5.74) is 2.83. The molecule has 0 bridgehead atoms. The van der Waals surface area contributed by atoms with Gasteiger partial charge in [-0.3, -0.25) is 14.7 Å². The molecule has 0 saturated carbocycles. The van der Waals surface area contributed by atoms with Gasteiger partial charge in [0, 0.05) is 13.0 Å². The topological polar surface area (TPSA) is 92.9 Å². The maximum Gasteiger partial charge on any atom is 0.419 e. The standard InChI is InChI=1S/C17H14N4O3/c22-15(20-16-18-11-5-1-2-6-12(11)19-16)9-10-21-13-7-3-4-8-14(13)24-17(21)23/h1-8H,9-10H2,(H2,18,19,20,22). The van der Waals surface area contributed by atoms with Crippen molar-refractivity contribution in [2.75, 3.05) is 5.32 Å². The minimum atomic E-state index is -0.465. The molecule has 2 N–H and O–H groups in total. The fourth-order valence-corrected chi connectivity index (χ4v) is 2.65. The number of carbonyl (C=O) groups is 1. The van der Waals surface area contributed by atoms with E-state index in [-0.39, 0.29) is 18.9 Å². The number of hydrogen-bond acceptors (Lipinski definition) is 4. The Balaban J connectivity index is 1.48. The molecule has 120 valence electrons. The minimum absolute atomic E-state index is 0.139. The van der Waals surface area contributed by atoms with Crippen LogP contribution in [0.15, 0.2) is 57.7 Å². The van der Waals surface area contributed by atoms with E-state index in [2.05, 4.69) is 15.3 Å². The normalized spacial score (nSPS) is 11.2. The molecule has 0 atom stereocenters. The average molecular weight is 322 g/mol. The number of imidazole rings is 1. The van der Waals surface area contributed by atoms with Crippen LogP contribution < -0.4 is 11.1 Å². The van der Waals surface area contributed by atoms with Gasteiger partial charge in [-0.15, -0.1) is 0 Å². The van der Waals surface area contributed by atoms with E-state index < -0.39 is 5.76 Å². The van der Waals surface area contributed by atoms with Crippen molar-refractivity contribution >= 4 is 34.0 Å². The Hall–Kier alpha value is -3.35. The van der Waals surface area contributed by atoms with Crippen molar-refractivity contribution in [3.8, 4) is 0 Å². The van der Waals surface area contributed by atoms with Crippen LogP contribution in [0, 0.1) is 0 Å². The summed E-state index contributed by atoms with van der Waals surface area (Å²) in [6.07, 6.45) is 0.139. The molecule has 7 heteroatoms. The Morgan fingerprint density at radius 2 is 1.96 bits per heavy atom. The largest absolute Gasteiger partial charge is 0.419 e. The van der Waals surface area contributed by atoms with Crippen LogP contribution in [-0.4, -0.2) is 20.4 Å². The monoisotopic (exact) mass is 322 g/mol. The lowest BCUT2D eigenvalue weighted by Crippen LogP contribution is -2.20. The van der Waals surface area contributed by atoms with E-state index in [9.17, 15) is 9.59 Å². The van der Waals surface area contributed by atoms with E-state index in [1.54, 1.807) is 18.2 Å². The van der Waals surface area contributed by atoms with E-state index >= 15 is 0 Å². The number of fused-ring (bicyclic) bond motifs is 2. The number of oxazole rings is 1. The van der Waals surface area contributed by atoms with E-state index in [1.165, 1.54) is 4.57 Å². The van der Waals surface area contributed by atoms with Gasteiger partial charge in [-0.25, -0.2) is 9.78 Å². The maximum atomic E-state index is 12.1. The Labute approximate surface area is 135 Å². The third kappa shape index (κ3) is 2.56. The molecule has 0 spiro atoms. The number of aromatic nitrogens is 3. The van der Waals surface area contributed by atoms with Crippen molar-refractivity contribution in [2.45, 2.75) is 13.0 Å². The lowest BCUT2D eigenvalue weighted by Gasteiger charge is -2.03. The van der Waals surface area contributed by atoms with Gasteiger partial charge < -0.3 is 9.40 Å². The average Bonchev–Trinajstić information content (AvgIpc) is 3.12. The molecule has 0 aliphatic heterocycles. The molecule has 2 aromatic carbocycles. The first-order valence-electron chi connectivity index (χ1n) is 7.54. The smallest absolute Gasteiger partial charge is 0.408 e. The van der Waals surface area contributed by atoms with Gasteiger partial charge in [0.25, 0.3) is 0 Å². The zero-order valence-electron chi connectivity index (χ0n) is 12.7. The van der Waals surface area contributed by atoms with Crippen LogP contribution in [-0.2, 0) is 11.3 Å². The number of aryl methyl sites for hydroxylation is 1. The van der Waals surface area contributed by atoms with Crippen molar-refractivity contribution < 1.29 is 9.21 Å². The molecule has 4 aromatic rings. The number of hydrogen-bond donors (Lipinski definition) is 2. The van der Waals surface area contributed by atoms with Crippen LogP contribution in [0.3, 0.4) is 0 Å². The first-order chi connectivity index (χ1) is 11.7. The highest BCUT2D eigenvalue weighted by Crippen LogP contribution is 2.14. The quantitative estimate of drug-likeness (QED) is 0.604. The second kappa shape index (κ2) is 5.69. The molecule has 2 aromatic heterocycles. The number of rotatable bonds is 4. The first kappa shape index (κ1) is 14.3. The van der Waals surface area contributed by atoms with Crippen LogP contribution in [0.1, 0.15) is 6.42 Å². The van der Waals surface area contributed by atoms with Crippen LogP contribution in [0.4, 0.5) is 5.95 Å². The number of aromatic amines is 1. The Kier molecular flexibility index (Phi) is 3.38. The lowest BCUT2D eigenvalue weighted by molar-refractivity contribution is -0.116. The van der Waals surface area contributed by atoms with Gasteiger partial charge in [-0.05, 0) is 24.3 Å². The number of amides is 1. The van der Waals surface area contributed by atoms with Crippen LogP contribution in [0.25, 0.3) is 22.1 Å². The predicted molar refractivity (Wildman–Crippen MR) is 89.8 cm³/mol. The van der Waals surface area contributed by atoms with Gasteiger partial charge in [0.15, 0.2) is 5.58 Å². The highest BCUT2D eigenvalue weighted by molar-refractivity contribution is 5.91. The number of benzene rings is 2. The van der Waals surface area contributed by atoms with Crippen molar-refractivity contribution in [1.29, 1.82) is 0 Å². The molecule has 1 amide bonds. The number of anilines is 1. The van der Waals surface area contributed by atoms with E-state index in [0.717, 1.165) is 11.0 Å². The zero-order chi connectivity index (χ0) is 16.5. The number of carbonyl (C=O) groups excluding carboxylic acids is 1. The van der Waals surface area contributed by atoms with Gasteiger partial charge in [-0.1, -0.05) is 24.3 Å². The van der Waals surface area contributed by atoms with Gasteiger partial charge in [0.2, 0.25) is 11.9 Å². The van der Waals surface area contributed by atoms with Gasteiger partial charge in [-0.2, -0.15) is 0 Å². The SMILES string of the molecule is O=C(CCn1c(=O)oc2ccccc21)Nc1nc2ccccc2[nH]1. The van der Waals surface area contributed by atoms with Crippen molar-refractivity contribution in [3.63, 3.8) is 0 Å². The molecule has 0 unspecified atom stereocenters. The molecule has 0 saturated heterocycles. The summed E-state index contributed by atoms with van der Waals surface area (Å²) in [6.45, 7) is 0.238. The van der Waals surface area contributed by atoms with E-state index in [1.807, 2.05) is 30.3 Å². The molecule has 0 aliphatic rings. The molecule has 7 nitrogen and oxygen atoms in total. The minimum Gasteiger partial charge on any atom is -0.408 e. The Bertz CT molecular complexity index is 1060. The molecule has 0 radical (unpaired) electrons. The summed E-state index contributed by atoms with van der Waals surface area (Å²) >= 11 is 0. The number of nitrogens with one attached hydrogen (secondary N) is 2. The summed E-state index contributed by atoms with van der Waals surface area (Å²) in [7, 11) is 0. The molecular formula is C17H14N4O3. The van der Waals surface area contributed by atoms with Crippen LogP contribution in [0.2, 0.25) is 0 Å². The molecular weight excluding hydrogens is 308 g/mol. The third-order valence-electron chi connectivity index (χ3n) is 3.78. The van der Waals surface area contributed by atoms with Crippen molar-refractivity contribution in [3.05, 3.63) is 59.1 Å². The van der Waals surface area contributed by atoms with Gasteiger partial charge in [0.1, 0.15) is 0 Å². The zero-order valence-corrected chi connectivity index (χ0v) is 12.7. The third-order valence-corrected chi connectivity index (χ3v) is 3.78. The highest BCUT2D eigenvalue weighted by atomic mass is 16.4. The number of H-pyrrole nitrogens is 1. The molecule has 0 aliphatic carbocycles. The van der Waals surface area contributed by atoms with Crippen molar-refractivity contribution in [2.24, 2.45) is 0 Å². The summed E-state index contributed by atoms with van der Waals surface area (Å²) in [5.74, 6) is -0.301. The lowest BCUT2D eigenvalue weighted by atomic mass is 10.3. The van der Waals surface area contributed by atoms with E-state index in [0.29, 0.717) is 17.0 Å².